The van der Waals surface area contributed by atoms with Crippen molar-refractivity contribution in [1.29, 1.82) is 0 Å². The van der Waals surface area contributed by atoms with Crippen LogP contribution in [0.2, 0.25) is 0 Å². The number of benzene rings is 1. The summed E-state index contributed by atoms with van der Waals surface area (Å²) in [5.41, 5.74) is 7.24. The van der Waals surface area contributed by atoms with Crippen molar-refractivity contribution >= 4 is 17.0 Å². The molecule has 1 aromatic rings. The Balaban J connectivity index is 0. The summed E-state index contributed by atoms with van der Waals surface area (Å²) in [6, 6.07) is 8.28. The molecule has 0 amide bonds. The lowest BCUT2D eigenvalue weighted by atomic mass is 9.82. The second kappa shape index (κ2) is 27.9. The zero-order chi connectivity index (χ0) is 33.0. The molecule has 1 saturated carbocycles. The Labute approximate surface area is 269 Å². The number of nitrogens with one attached hydrogen (secondary N) is 1. The Bertz CT molecular complexity index is 1000. The number of anilines is 1. The molecule has 0 bridgehead atoms. The van der Waals surface area contributed by atoms with E-state index in [1.165, 1.54) is 57.8 Å². The van der Waals surface area contributed by atoms with Crippen LogP contribution in [0.25, 0.3) is 5.57 Å². The minimum atomic E-state index is 0.896. The summed E-state index contributed by atoms with van der Waals surface area (Å²) in [4.78, 5) is 4.48. The fourth-order valence-electron chi connectivity index (χ4n) is 4.25. The van der Waals surface area contributed by atoms with Gasteiger partial charge in [-0.25, -0.2) is 0 Å². The van der Waals surface area contributed by atoms with Crippen LogP contribution in [0.4, 0.5) is 5.69 Å². The highest BCUT2D eigenvalue weighted by molar-refractivity contribution is 5.94. The SMILES string of the molecule is C=C(C)\C=C/C(C)=N/C=C(\C)c1ccc(NC(=C)/C(C)=C\C=C/C)cc1.CC.CCC1CCC(C)CC1.CCCCCC. The van der Waals surface area contributed by atoms with E-state index in [-0.39, 0.29) is 0 Å². The fourth-order valence-corrected chi connectivity index (χ4v) is 4.25. The Morgan fingerprint density at radius 3 is 1.91 bits per heavy atom. The van der Waals surface area contributed by atoms with Gasteiger partial charge in [0.15, 0.2) is 0 Å². The minimum Gasteiger partial charge on any atom is -0.356 e. The Kier molecular flexibility index (Phi) is 27.5. The van der Waals surface area contributed by atoms with Crippen LogP contribution in [0.1, 0.15) is 140 Å². The summed E-state index contributed by atoms with van der Waals surface area (Å²) in [5.74, 6) is 2.09. The third-order valence-corrected chi connectivity index (χ3v) is 7.39. The predicted molar refractivity (Wildman–Crippen MR) is 201 cm³/mol. The molecule has 0 radical (unpaired) electrons. The van der Waals surface area contributed by atoms with Gasteiger partial charge in [-0.3, -0.25) is 4.99 Å². The van der Waals surface area contributed by atoms with E-state index in [9.17, 15) is 0 Å². The summed E-state index contributed by atoms with van der Waals surface area (Å²) >= 11 is 0. The van der Waals surface area contributed by atoms with Gasteiger partial charge in [0.05, 0.1) is 0 Å². The van der Waals surface area contributed by atoms with Crippen molar-refractivity contribution in [2.45, 2.75) is 134 Å². The lowest BCUT2D eigenvalue weighted by molar-refractivity contribution is 0.284. The lowest BCUT2D eigenvalue weighted by Gasteiger charge is -2.24. The first kappa shape index (κ1) is 42.3. The van der Waals surface area contributed by atoms with Gasteiger partial charge in [-0.2, -0.15) is 0 Å². The van der Waals surface area contributed by atoms with Crippen molar-refractivity contribution in [2.24, 2.45) is 16.8 Å². The maximum Gasteiger partial charge on any atom is 0.0384 e. The molecule has 0 aromatic heterocycles. The zero-order valence-electron chi connectivity index (χ0n) is 30.2. The van der Waals surface area contributed by atoms with Crippen molar-refractivity contribution < 1.29 is 0 Å². The molecule has 0 saturated heterocycles. The van der Waals surface area contributed by atoms with Crippen molar-refractivity contribution in [1.82, 2.24) is 0 Å². The molecule has 0 atom stereocenters. The molecule has 1 N–H and O–H groups in total. The smallest absolute Gasteiger partial charge is 0.0384 e. The second-order valence-electron chi connectivity index (χ2n) is 11.6. The van der Waals surface area contributed by atoms with Crippen LogP contribution in [0.15, 0.2) is 95.8 Å². The van der Waals surface area contributed by atoms with E-state index in [0.717, 1.165) is 51.2 Å². The van der Waals surface area contributed by atoms with E-state index in [1.54, 1.807) is 0 Å². The van der Waals surface area contributed by atoms with E-state index in [4.69, 9.17) is 0 Å². The molecule has 2 nitrogen and oxygen atoms in total. The van der Waals surface area contributed by atoms with Crippen molar-refractivity contribution in [3.8, 4) is 0 Å². The Morgan fingerprint density at radius 1 is 0.884 bits per heavy atom. The molecule has 1 aliphatic rings. The monoisotopic (exact) mass is 589 g/mol. The maximum absolute atomic E-state index is 4.48. The molecular formula is C41H68N2. The average Bonchev–Trinajstić information content (AvgIpc) is 3.02. The van der Waals surface area contributed by atoms with Crippen LogP contribution < -0.4 is 5.32 Å². The summed E-state index contributed by atoms with van der Waals surface area (Å²) in [6.45, 7) is 31.1. The third-order valence-electron chi connectivity index (χ3n) is 7.39. The van der Waals surface area contributed by atoms with Gasteiger partial charge >= 0.3 is 0 Å². The fraction of sp³-hybridized carbons (Fsp3) is 0.537. The lowest BCUT2D eigenvalue weighted by Crippen LogP contribution is -2.10. The number of rotatable bonds is 12. The van der Waals surface area contributed by atoms with Gasteiger partial charge in [0, 0.05) is 23.3 Å². The molecule has 1 aromatic carbocycles. The van der Waals surface area contributed by atoms with Crippen LogP contribution in [-0.4, -0.2) is 5.71 Å². The second-order valence-corrected chi connectivity index (χ2v) is 11.6. The first-order valence-electron chi connectivity index (χ1n) is 17.0. The van der Waals surface area contributed by atoms with Gasteiger partial charge in [-0.1, -0.05) is 154 Å². The molecule has 1 aliphatic carbocycles. The summed E-state index contributed by atoms with van der Waals surface area (Å²) in [6.07, 6.45) is 24.8. The number of allylic oxidation sites excluding steroid dienone is 8. The zero-order valence-corrected chi connectivity index (χ0v) is 30.2. The number of unbranched alkanes of at least 4 members (excludes halogenated alkanes) is 3. The van der Waals surface area contributed by atoms with Crippen LogP contribution in [0.5, 0.6) is 0 Å². The molecule has 0 aliphatic heterocycles. The van der Waals surface area contributed by atoms with Gasteiger partial charge in [0.2, 0.25) is 0 Å². The summed E-state index contributed by atoms with van der Waals surface area (Å²) < 4.78 is 0. The van der Waals surface area contributed by atoms with Gasteiger partial charge in [0.25, 0.3) is 0 Å². The van der Waals surface area contributed by atoms with Gasteiger partial charge < -0.3 is 5.32 Å². The van der Waals surface area contributed by atoms with E-state index in [2.05, 4.69) is 82.4 Å². The van der Waals surface area contributed by atoms with E-state index in [1.807, 2.05) is 78.1 Å². The molecule has 242 valence electrons. The molecule has 1 fully saturated rings. The van der Waals surface area contributed by atoms with E-state index >= 15 is 0 Å². The first-order chi connectivity index (χ1) is 20.6. The van der Waals surface area contributed by atoms with Crippen molar-refractivity contribution in [3.05, 3.63) is 96.4 Å². The van der Waals surface area contributed by atoms with Crippen molar-refractivity contribution in [3.63, 3.8) is 0 Å². The van der Waals surface area contributed by atoms with Crippen LogP contribution >= 0.6 is 0 Å². The summed E-state index contributed by atoms with van der Waals surface area (Å²) in [5, 5.41) is 3.33. The summed E-state index contributed by atoms with van der Waals surface area (Å²) in [7, 11) is 0. The number of aliphatic imine (C=N–C) groups is 1. The Hall–Kier alpha value is -2.87. The van der Waals surface area contributed by atoms with Gasteiger partial charge in [0.1, 0.15) is 0 Å². The Morgan fingerprint density at radius 2 is 1.44 bits per heavy atom. The highest BCUT2D eigenvalue weighted by Crippen LogP contribution is 2.29. The third kappa shape index (κ3) is 23.3. The largest absolute Gasteiger partial charge is 0.356 e. The number of hydrogen-bond donors (Lipinski definition) is 1. The molecule has 0 heterocycles. The van der Waals surface area contributed by atoms with E-state index in [0.29, 0.717) is 0 Å². The maximum atomic E-state index is 4.48. The molecule has 0 spiro atoms. The molecule has 2 heteroatoms. The van der Waals surface area contributed by atoms with Gasteiger partial charge in [-0.05, 0) is 81.4 Å². The number of hydrogen-bond acceptors (Lipinski definition) is 2. The molecule has 0 unspecified atom stereocenters. The standard InChI is InChI=1S/C24H30N2.C9H18.C6H14.C2H6/c1-8-9-10-19(4)22(7)26-24-15-13-23(14-16-24)20(5)17-25-21(6)12-11-18(2)3;1-3-9-6-4-8(2)5-7-9;1-3-5-6-4-2;1-2/h8-17,26H,2,7H2,1,3-6H3;8-9H,3-7H2,1-2H3;3-6H2,1-2H3;1-2H3/b9-8-,12-11-,19-10-,20-17+,25-21+;;;. The quantitative estimate of drug-likeness (QED) is 0.147. The van der Waals surface area contributed by atoms with E-state index < -0.39 is 0 Å². The first-order valence-corrected chi connectivity index (χ1v) is 17.0. The minimum absolute atomic E-state index is 0.896. The normalized spacial score (nSPS) is 17.2. The van der Waals surface area contributed by atoms with Crippen LogP contribution in [0, 0.1) is 11.8 Å². The predicted octanol–water partition coefficient (Wildman–Crippen LogP) is 13.9. The molecular weight excluding hydrogens is 520 g/mol. The average molecular weight is 589 g/mol. The van der Waals surface area contributed by atoms with Crippen LogP contribution in [0.3, 0.4) is 0 Å². The highest BCUT2D eigenvalue weighted by Gasteiger charge is 2.15. The molecule has 43 heavy (non-hydrogen) atoms. The van der Waals surface area contributed by atoms with Crippen LogP contribution in [-0.2, 0) is 0 Å². The number of nitrogens with zero attached hydrogens (tertiary/aromatic N) is 1. The van der Waals surface area contributed by atoms with Crippen molar-refractivity contribution in [2.75, 3.05) is 5.32 Å². The molecule has 2 rings (SSSR count). The van der Waals surface area contributed by atoms with Gasteiger partial charge in [-0.15, -0.1) is 0 Å². The highest BCUT2D eigenvalue weighted by atomic mass is 14.9. The topological polar surface area (TPSA) is 24.4 Å².